The van der Waals surface area contributed by atoms with E-state index in [-0.39, 0.29) is 0 Å². The lowest BCUT2D eigenvalue weighted by Gasteiger charge is -2.13. The number of hydrogen-bond donors (Lipinski definition) is 1. The second-order valence-corrected chi connectivity index (χ2v) is 5.43. The molecule has 0 atom stereocenters. The average molecular weight is 269 g/mol. The van der Waals surface area contributed by atoms with E-state index < -0.39 is 0 Å². The van der Waals surface area contributed by atoms with Gasteiger partial charge in [0.2, 0.25) is 0 Å². The van der Waals surface area contributed by atoms with Gasteiger partial charge < -0.3 is 10.5 Å². The summed E-state index contributed by atoms with van der Waals surface area (Å²) in [5, 5.41) is 0. The Hall–Kier alpha value is -1.80. The van der Waals surface area contributed by atoms with Gasteiger partial charge in [-0.25, -0.2) is 0 Å². The summed E-state index contributed by atoms with van der Waals surface area (Å²) in [6, 6.07) is 14.9. The van der Waals surface area contributed by atoms with Crippen molar-refractivity contribution in [1.82, 2.24) is 0 Å². The Morgan fingerprint density at radius 2 is 1.80 bits per heavy atom. The second kappa shape index (κ2) is 6.58. The Labute approximate surface area is 121 Å². The summed E-state index contributed by atoms with van der Waals surface area (Å²) < 4.78 is 5.48. The predicted octanol–water partition coefficient (Wildman–Crippen LogP) is 3.87. The highest BCUT2D eigenvalue weighted by Gasteiger charge is 2.08. The maximum atomic E-state index is 5.71. The SMILES string of the molecule is COc1ccc(C(C)C)cc1Cc1cccc(CN)c1. The molecule has 2 aromatic carbocycles. The molecule has 0 aromatic heterocycles. The first kappa shape index (κ1) is 14.6. The summed E-state index contributed by atoms with van der Waals surface area (Å²) in [6.07, 6.45) is 0.873. The zero-order chi connectivity index (χ0) is 14.5. The monoisotopic (exact) mass is 269 g/mol. The standard InChI is InChI=1S/C18H23NO/c1-13(2)16-7-8-18(20-3)17(11-16)10-14-5-4-6-15(9-14)12-19/h4-9,11,13H,10,12,19H2,1-3H3. The smallest absolute Gasteiger partial charge is 0.122 e. The molecule has 2 aromatic rings. The Morgan fingerprint density at radius 3 is 2.45 bits per heavy atom. The van der Waals surface area contributed by atoms with Gasteiger partial charge in [-0.15, -0.1) is 0 Å². The van der Waals surface area contributed by atoms with Crippen molar-refractivity contribution in [1.29, 1.82) is 0 Å². The minimum atomic E-state index is 0.523. The van der Waals surface area contributed by atoms with Crippen molar-refractivity contribution in [3.8, 4) is 5.75 Å². The van der Waals surface area contributed by atoms with E-state index in [0.717, 1.165) is 12.2 Å². The lowest BCUT2D eigenvalue weighted by Crippen LogP contribution is -1.99. The number of methoxy groups -OCH3 is 1. The normalized spacial score (nSPS) is 10.8. The van der Waals surface area contributed by atoms with Crippen LogP contribution < -0.4 is 10.5 Å². The Balaban J connectivity index is 2.32. The van der Waals surface area contributed by atoms with Gasteiger partial charge in [-0.2, -0.15) is 0 Å². The molecule has 0 amide bonds. The van der Waals surface area contributed by atoms with Crippen LogP contribution in [0.25, 0.3) is 0 Å². The third-order valence-corrected chi connectivity index (χ3v) is 3.59. The summed E-state index contributed by atoms with van der Waals surface area (Å²) in [4.78, 5) is 0. The molecule has 0 aliphatic heterocycles. The maximum absolute atomic E-state index is 5.71. The number of rotatable bonds is 5. The molecule has 0 aliphatic carbocycles. The molecule has 2 heteroatoms. The molecule has 0 fully saturated rings. The molecule has 0 saturated heterocycles. The van der Waals surface area contributed by atoms with Crippen LogP contribution >= 0.6 is 0 Å². The van der Waals surface area contributed by atoms with Gasteiger partial charge in [0.05, 0.1) is 7.11 Å². The summed E-state index contributed by atoms with van der Waals surface area (Å²) in [7, 11) is 1.73. The highest BCUT2D eigenvalue weighted by atomic mass is 16.5. The second-order valence-electron chi connectivity index (χ2n) is 5.43. The van der Waals surface area contributed by atoms with E-state index in [2.05, 4.69) is 56.3 Å². The molecular weight excluding hydrogens is 246 g/mol. The molecule has 0 spiro atoms. The van der Waals surface area contributed by atoms with E-state index >= 15 is 0 Å². The van der Waals surface area contributed by atoms with E-state index in [1.54, 1.807) is 7.11 Å². The zero-order valence-electron chi connectivity index (χ0n) is 12.5. The molecule has 0 aliphatic rings. The molecule has 0 unspecified atom stereocenters. The van der Waals surface area contributed by atoms with Gasteiger partial charge in [0.15, 0.2) is 0 Å². The van der Waals surface area contributed by atoms with Gasteiger partial charge in [0.1, 0.15) is 5.75 Å². The van der Waals surface area contributed by atoms with Crippen LogP contribution in [0.1, 0.15) is 42.0 Å². The van der Waals surface area contributed by atoms with Crippen LogP contribution in [-0.2, 0) is 13.0 Å². The van der Waals surface area contributed by atoms with Crippen LogP contribution in [0.2, 0.25) is 0 Å². The molecule has 20 heavy (non-hydrogen) atoms. The highest BCUT2D eigenvalue weighted by molar-refractivity contribution is 5.42. The van der Waals surface area contributed by atoms with Gasteiger partial charge in [0, 0.05) is 13.0 Å². The highest BCUT2D eigenvalue weighted by Crippen LogP contribution is 2.26. The van der Waals surface area contributed by atoms with Crippen molar-refractivity contribution in [3.05, 3.63) is 64.7 Å². The summed E-state index contributed by atoms with van der Waals surface area (Å²) in [5.74, 6) is 1.47. The van der Waals surface area contributed by atoms with Gasteiger partial charge >= 0.3 is 0 Å². The first-order valence-corrected chi connectivity index (χ1v) is 7.08. The largest absolute Gasteiger partial charge is 0.496 e. The van der Waals surface area contributed by atoms with Crippen LogP contribution in [0.4, 0.5) is 0 Å². The minimum Gasteiger partial charge on any atom is -0.496 e. The molecule has 2 nitrogen and oxygen atoms in total. The van der Waals surface area contributed by atoms with Crippen molar-refractivity contribution in [2.24, 2.45) is 5.73 Å². The van der Waals surface area contributed by atoms with E-state index in [0.29, 0.717) is 12.5 Å². The number of benzene rings is 2. The summed E-state index contributed by atoms with van der Waals surface area (Å²) in [6.45, 7) is 5.00. The molecule has 0 heterocycles. The molecule has 0 radical (unpaired) electrons. The molecule has 106 valence electrons. The van der Waals surface area contributed by atoms with Crippen molar-refractivity contribution in [2.75, 3.05) is 7.11 Å². The predicted molar refractivity (Wildman–Crippen MR) is 84.2 cm³/mol. The topological polar surface area (TPSA) is 35.2 Å². The third-order valence-electron chi connectivity index (χ3n) is 3.59. The molecule has 0 saturated carbocycles. The van der Waals surface area contributed by atoms with Crippen molar-refractivity contribution in [2.45, 2.75) is 32.7 Å². The van der Waals surface area contributed by atoms with Crippen molar-refractivity contribution in [3.63, 3.8) is 0 Å². The fourth-order valence-corrected chi connectivity index (χ4v) is 2.38. The van der Waals surface area contributed by atoms with Crippen LogP contribution in [0.5, 0.6) is 5.75 Å². The fourth-order valence-electron chi connectivity index (χ4n) is 2.38. The van der Waals surface area contributed by atoms with Gasteiger partial charge in [0.25, 0.3) is 0 Å². The van der Waals surface area contributed by atoms with Gasteiger partial charge in [-0.3, -0.25) is 0 Å². The van der Waals surface area contributed by atoms with Crippen LogP contribution in [0, 0.1) is 0 Å². The number of nitrogens with two attached hydrogens (primary N) is 1. The lowest BCUT2D eigenvalue weighted by molar-refractivity contribution is 0.410. The van der Waals surface area contributed by atoms with Crippen molar-refractivity contribution >= 4 is 0 Å². The molecule has 2 N–H and O–H groups in total. The number of hydrogen-bond acceptors (Lipinski definition) is 2. The van der Waals surface area contributed by atoms with Gasteiger partial charge in [-0.05, 0) is 34.2 Å². The zero-order valence-corrected chi connectivity index (χ0v) is 12.5. The van der Waals surface area contributed by atoms with E-state index in [9.17, 15) is 0 Å². The summed E-state index contributed by atoms with van der Waals surface area (Å²) >= 11 is 0. The van der Waals surface area contributed by atoms with Gasteiger partial charge in [-0.1, -0.05) is 50.2 Å². The first-order chi connectivity index (χ1) is 9.63. The molecular formula is C18H23NO. The van der Waals surface area contributed by atoms with E-state index in [1.807, 2.05) is 0 Å². The maximum Gasteiger partial charge on any atom is 0.122 e. The average Bonchev–Trinajstić information content (AvgIpc) is 2.47. The van der Waals surface area contributed by atoms with E-state index in [1.165, 1.54) is 22.3 Å². The van der Waals surface area contributed by atoms with E-state index in [4.69, 9.17) is 10.5 Å². The van der Waals surface area contributed by atoms with Crippen LogP contribution in [0.15, 0.2) is 42.5 Å². The first-order valence-electron chi connectivity index (χ1n) is 7.08. The lowest BCUT2D eigenvalue weighted by atomic mass is 9.96. The molecule has 0 bridgehead atoms. The minimum absolute atomic E-state index is 0.523. The van der Waals surface area contributed by atoms with Crippen molar-refractivity contribution < 1.29 is 4.74 Å². The summed E-state index contributed by atoms with van der Waals surface area (Å²) in [5.41, 5.74) is 10.7. The number of ether oxygens (including phenoxy) is 1. The Morgan fingerprint density at radius 1 is 1.05 bits per heavy atom. The quantitative estimate of drug-likeness (QED) is 0.894. The molecule has 2 rings (SSSR count). The van der Waals surface area contributed by atoms with Crippen LogP contribution in [0.3, 0.4) is 0 Å². The Bertz CT molecular complexity index is 575. The third kappa shape index (κ3) is 3.40. The Kier molecular flexibility index (Phi) is 4.80. The fraction of sp³-hybridized carbons (Fsp3) is 0.333. The van der Waals surface area contributed by atoms with Crippen LogP contribution in [-0.4, -0.2) is 7.11 Å².